The molecule has 3 atom stereocenters. The zero-order valence-corrected chi connectivity index (χ0v) is 24.0. The number of aromatic nitrogens is 4. The molecule has 14 heteroatoms. The van der Waals surface area contributed by atoms with Gasteiger partial charge in [-0.3, -0.25) is 0 Å². The van der Waals surface area contributed by atoms with E-state index < -0.39 is 36.0 Å². The molecule has 0 unspecified atom stereocenters. The van der Waals surface area contributed by atoms with Crippen LogP contribution in [-0.2, 0) is 19.0 Å². The van der Waals surface area contributed by atoms with Crippen LogP contribution in [0.2, 0.25) is 0 Å². The first-order chi connectivity index (χ1) is 21.3. The van der Waals surface area contributed by atoms with Crippen LogP contribution in [0.3, 0.4) is 0 Å². The molecule has 4 aliphatic rings. The van der Waals surface area contributed by atoms with E-state index in [1.165, 1.54) is 11.0 Å². The highest BCUT2D eigenvalue weighted by Crippen LogP contribution is 2.40. The van der Waals surface area contributed by atoms with Crippen LogP contribution in [0.15, 0.2) is 42.7 Å². The largest absolute Gasteiger partial charge is 0.480 e. The molecule has 0 bridgehead atoms. The number of nitrogens with zero attached hydrogens (tertiary/aromatic N) is 5. The smallest absolute Gasteiger partial charge is 0.326 e. The molecule has 0 saturated carbocycles. The third kappa shape index (κ3) is 5.16. The highest BCUT2D eigenvalue weighted by atomic mass is 19.3. The fourth-order valence-corrected chi connectivity index (χ4v) is 6.26. The molecule has 0 amide bonds. The van der Waals surface area contributed by atoms with Crippen LogP contribution >= 0.6 is 0 Å². The maximum Gasteiger partial charge on any atom is 0.326 e. The van der Waals surface area contributed by atoms with Crippen molar-refractivity contribution in [3.05, 3.63) is 54.1 Å². The minimum absolute atomic E-state index is 0.0368. The molecule has 0 aliphatic carbocycles. The average Bonchev–Trinajstić information content (AvgIpc) is 3.79. The van der Waals surface area contributed by atoms with E-state index in [4.69, 9.17) is 23.9 Å². The van der Waals surface area contributed by atoms with Gasteiger partial charge in [-0.25, -0.2) is 28.5 Å². The number of anilines is 2. The standard InChI is InChI=1S/C30H32F2N6O6/c1-17-30(15-42-16-30)43-8-6-37(17)23-9-19(18-4-7-41-14-18)12-34-28(23)44-20-10-24(29(39)40)38(13-20)25-11-22(21-3-2-5-33-21)35-27(36-25)26(31)32/h2-5,9,11-12,17,20,24,26,33H,6-8,10,13-16H2,1H3,(H,39,40)/t17-,20-,24-/m0/s1. The monoisotopic (exact) mass is 610 g/mol. The number of halogens is 2. The molecule has 3 saturated heterocycles. The normalized spacial score (nSPS) is 24.5. The average molecular weight is 611 g/mol. The van der Waals surface area contributed by atoms with Crippen molar-refractivity contribution < 1.29 is 37.6 Å². The summed E-state index contributed by atoms with van der Waals surface area (Å²) in [5.41, 5.74) is 3.04. The first-order valence-corrected chi connectivity index (χ1v) is 14.5. The summed E-state index contributed by atoms with van der Waals surface area (Å²) < 4.78 is 51.3. The van der Waals surface area contributed by atoms with Crippen molar-refractivity contribution in [2.24, 2.45) is 0 Å². The van der Waals surface area contributed by atoms with Crippen molar-refractivity contribution in [1.82, 2.24) is 19.9 Å². The van der Waals surface area contributed by atoms with E-state index in [1.54, 1.807) is 24.5 Å². The SMILES string of the molecule is C[C@@H]1N(c2cc(C3=CCOC3)cnc2O[C@H]2C[C@@H](C(=O)O)N(c3cc(-c4ccc[nH]4)nc(C(F)F)n3)C2)CCOC12COC2. The van der Waals surface area contributed by atoms with Gasteiger partial charge in [0, 0.05) is 37.0 Å². The molecule has 7 rings (SSSR count). The Morgan fingerprint density at radius 3 is 2.77 bits per heavy atom. The van der Waals surface area contributed by atoms with E-state index in [0.717, 1.165) is 16.8 Å². The molecular formula is C30H32F2N6O6. The predicted molar refractivity (Wildman–Crippen MR) is 154 cm³/mol. The first-order valence-electron chi connectivity index (χ1n) is 14.5. The highest BCUT2D eigenvalue weighted by molar-refractivity contribution is 5.79. The molecule has 3 fully saturated rings. The van der Waals surface area contributed by atoms with Crippen LogP contribution in [0, 0.1) is 0 Å². The molecule has 0 radical (unpaired) electrons. The van der Waals surface area contributed by atoms with Crippen molar-refractivity contribution in [3.8, 4) is 17.3 Å². The van der Waals surface area contributed by atoms with Crippen molar-refractivity contribution in [1.29, 1.82) is 0 Å². The number of carboxylic acids is 1. The third-order valence-electron chi connectivity index (χ3n) is 8.78. The van der Waals surface area contributed by atoms with Gasteiger partial charge in [0.25, 0.3) is 6.43 Å². The van der Waals surface area contributed by atoms with Crippen molar-refractivity contribution in [3.63, 3.8) is 0 Å². The Labute approximate surface area is 251 Å². The van der Waals surface area contributed by atoms with Crippen molar-refractivity contribution in [2.45, 2.75) is 43.6 Å². The highest BCUT2D eigenvalue weighted by Gasteiger charge is 2.50. The zero-order chi connectivity index (χ0) is 30.4. The van der Waals surface area contributed by atoms with E-state index in [9.17, 15) is 18.7 Å². The number of aromatic amines is 1. The molecule has 0 aromatic carbocycles. The Morgan fingerprint density at radius 1 is 1.23 bits per heavy atom. The van der Waals surface area contributed by atoms with Gasteiger partial charge in [-0.05, 0) is 30.7 Å². The van der Waals surface area contributed by atoms with Crippen LogP contribution in [-0.4, -0.2) is 101 Å². The lowest BCUT2D eigenvalue weighted by atomic mass is 9.90. The quantitative estimate of drug-likeness (QED) is 0.389. The van der Waals surface area contributed by atoms with E-state index in [1.807, 2.05) is 12.1 Å². The predicted octanol–water partition coefficient (Wildman–Crippen LogP) is 3.32. The minimum atomic E-state index is -2.94. The maximum atomic E-state index is 13.8. The fourth-order valence-electron chi connectivity index (χ4n) is 6.26. The number of morpholine rings is 1. The van der Waals surface area contributed by atoms with Gasteiger partial charge < -0.3 is 38.8 Å². The number of hydrogen-bond acceptors (Lipinski definition) is 10. The van der Waals surface area contributed by atoms with Gasteiger partial charge in [0.15, 0.2) is 5.82 Å². The summed E-state index contributed by atoms with van der Waals surface area (Å²) in [5, 5.41) is 10.1. The van der Waals surface area contributed by atoms with E-state index >= 15 is 0 Å². The summed E-state index contributed by atoms with van der Waals surface area (Å²) in [4.78, 5) is 31.8. The Kier molecular flexibility index (Phi) is 7.42. The number of nitrogens with one attached hydrogen (secondary N) is 1. The summed E-state index contributed by atoms with van der Waals surface area (Å²) in [6.45, 7) is 5.31. The first kappa shape index (κ1) is 28.6. The molecule has 3 aromatic heterocycles. The summed E-state index contributed by atoms with van der Waals surface area (Å²) in [7, 11) is 0. The molecule has 12 nitrogen and oxygen atoms in total. The molecule has 3 aromatic rings. The number of hydrogen-bond donors (Lipinski definition) is 2. The van der Waals surface area contributed by atoms with Crippen LogP contribution in [0.1, 0.15) is 31.2 Å². The summed E-state index contributed by atoms with van der Waals surface area (Å²) in [5.74, 6) is -1.35. The lowest BCUT2D eigenvalue weighted by Crippen LogP contribution is -2.68. The minimum Gasteiger partial charge on any atom is -0.480 e. The van der Waals surface area contributed by atoms with E-state index in [-0.39, 0.29) is 30.5 Å². The van der Waals surface area contributed by atoms with Crippen LogP contribution < -0.4 is 14.5 Å². The third-order valence-corrected chi connectivity index (χ3v) is 8.78. The number of rotatable bonds is 8. The van der Waals surface area contributed by atoms with Crippen LogP contribution in [0.25, 0.3) is 17.0 Å². The van der Waals surface area contributed by atoms with Gasteiger partial charge in [-0.1, -0.05) is 6.08 Å². The van der Waals surface area contributed by atoms with Crippen molar-refractivity contribution in [2.75, 3.05) is 55.9 Å². The molecule has 4 aliphatic heterocycles. The number of carboxylic acid groups (broad SMARTS) is 1. The van der Waals surface area contributed by atoms with Gasteiger partial charge in [0.05, 0.1) is 57.0 Å². The number of H-pyrrole nitrogens is 1. The lowest BCUT2D eigenvalue weighted by molar-refractivity contribution is -0.228. The summed E-state index contributed by atoms with van der Waals surface area (Å²) in [6.07, 6.45) is 1.95. The Bertz CT molecular complexity index is 1570. The molecule has 1 spiro atoms. The van der Waals surface area contributed by atoms with Gasteiger partial charge in [0.1, 0.15) is 29.3 Å². The van der Waals surface area contributed by atoms with Crippen molar-refractivity contribution >= 4 is 23.0 Å². The Morgan fingerprint density at radius 2 is 2.09 bits per heavy atom. The summed E-state index contributed by atoms with van der Waals surface area (Å²) >= 11 is 0. The van der Waals surface area contributed by atoms with Gasteiger partial charge in [-0.15, -0.1) is 0 Å². The topological polar surface area (TPSA) is 135 Å². The van der Waals surface area contributed by atoms with Crippen LogP contribution in [0.4, 0.5) is 20.3 Å². The molecule has 2 N–H and O–H groups in total. The zero-order valence-electron chi connectivity index (χ0n) is 24.0. The Hall–Kier alpha value is -4.14. The maximum absolute atomic E-state index is 13.8. The van der Waals surface area contributed by atoms with Gasteiger partial charge in [0.2, 0.25) is 5.88 Å². The number of pyridine rings is 1. The van der Waals surface area contributed by atoms with Gasteiger partial charge >= 0.3 is 5.97 Å². The molecule has 232 valence electrons. The molecular weight excluding hydrogens is 578 g/mol. The van der Waals surface area contributed by atoms with E-state index in [0.29, 0.717) is 51.2 Å². The van der Waals surface area contributed by atoms with E-state index in [2.05, 4.69) is 26.8 Å². The second-order valence-corrected chi connectivity index (χ2v) is 11.4. The fraction of sp³-hybridized carbons (Fsp3) is 0.467. The number of aliphatic carboxylic acids is 1. The molecule has 44 heavy (non-hydrogen) atoms. The van der Waals surface area contributed by atoms with Gasteiger partial charge in [-0.2, -0.15) is 0 Å². The number of carbonyl (C=O) groups is 1. The second-order valence-electron chi connectivity index (χ2n) is 11.4. The van der Waals surface area contributed by atoms with Crippen LogP contribution in [0.5, 0.6) is 5.88 Å². The lowest BCUT2D eigenvalue weighted by Gasteiger charge is -2.53. The number of ether oxygens (including phenoxy) is 4. The second kappa shape index (κ2) is 11.4. The molecule has 7 heterocycles. The Balaban J connectivity index is 1.21. The summed E-state index contributed by atoms with van der Waals surface area (Å²) in [6, 6.07) is 5.87. The number of alkyl halides is 2.